The highest BCUT2D eigenvalue weighted by atomic mass is 35.5. The number of nitrogens with one attached hydrogen (secondary N) is 1. The number of amides is 2. The van der Waals surface area contributed by atoms with Crippen molar-refractivity contribution in [2.75, 3.05) is 13.1 Å². The molecular formula is C26H24ClF3N8O4. The molecule has 3 heterocycles. The molecule has 16 heteroatoms. The number of aliphatic hydroxyl groups is 1. The maximum atomic E-state index is 13.4. The first-order valence-electron chi connectivity index (χ1n) is 12.7. The van der Waals surface area contributed by atoms with Crippen molar-refractivity contribution in [1.29, 1.82) is 0 Å². The molecule has 2 aromatic carbocycles. The SMILES string of the molecule is CC1C(=O)NCCN1C(=O)c1ccccc1-n1cnc(Cn2nc(-c3ccc(Cl)cc3)n(C[C@H](O)C(F)(F)F)c2=O)n1. The largest absolute Gasteiger partial charge is 0.416 e. The van der Waals surface area contributed by atoms with Gasteiger partial charge in [-0.3, -0.25) is 14.2 Å². The molecule has 42 heavy (non-hydrogen) atoms. The Hall–Kier alpha value is -4.50. The second kappa shape index (κ2) is 11.4. The van der Waals surface area contributed by atoms with E-state index < -0.39 is 30.6 Å². The van der Waals surface area contributed by atoms with Crippen LogP contribution in [0.2, 0.25) is 5.02 Å². The predicted molar refractivity (Wildman–Crippen MR) is 143 cm³/mol. The quantitative estimate of drug-likeness (QED) is 0.328. The number of aliphatic hydroxyl groups excluding tert-OH is 1. The molecule has 2 atom stereocenters. The van der Waals surface area contributed by atoms with Gasteiger partial charge in [-0.15, -0.1) is 10.2 Å². The number of para-hydroxylation sites is 1. The van der Waals surface area contributed by atoms with Gasteiger partial charge in [0.1, 0.15) is 18.9 Å². The Morgan fingerprint density at radius 3 is 2.57 bits per heavy atom. The summed E-state index contributed by atoms with van der Waals surface area (Å²) in [5, 5.41) is 21.3. The summed E-state index contributed by atoms with van der Waals surface area (Å²) in [6.45, 7) is 0.883. The first kappa shape index (κ1) is 29.0. The summed E-state index contributed by atoms with van der Waals surface area (Å²) in [5.74, 6) is -0.680. The Bertz CT molecular complexity index is 1680. The Balaban J connectivity index is 1.46. The highest BCUT2D eigenvalue weighted by Gasteiger charge is 2.39. The monoisotopic (exact) mass is 604 g/mol. The molecule has 2 amide bonds. The molecule has 5 rings (SSSR count). The zero-order valence-electron chi connectivity index (χ0n) is 22.0. The van der Waals surface area contributed by atoms with Crippen LogP contribution in [-0.4, -0.2) is 82.3 Å². The van der Waals surface area contributed by atoms with Gasteiger partial charge in [-0.2, -0.15) is 13.2 Å². The van der Waals surface area contributed by atoms with Crippen molar-refractivity contribution in [2.45, 2.75) is 38.3 Å². The van der Waals surface area contributed by atoms with Crippen LogP contribution in [0.4, 0.5) is 13.2 Å². The van der Waals surface area contributed by atoms with E-state index in [-0.39, 0.29) is 35.6 Å². The van der Waals surface area contributed by atoms with E-state index in [1.165, 1.54) is 40.2 Å². The van der Waals surface area contributed by atoms with Crippen molar-refractivity contribution in [1.82, 2.24) is 39.3 Å². The van der Waals surface area contributed by atoms with Crippen LogP contribution in [0.1, 0.15) is 23.1 Å². The molecule has 0 spiro atoms. The third-order valence-corrected chi connectivity index (χ3v) is 6.98. The number of carbonyl (C=O) groups excluding carboxylic acids is 2. The number of piperazine rings is 1. The molecule has 1 saturated heterocycles. The molecule has 4 aromatic rings. The highest BCUT2D eigenvalue weighted by molar-refractivity contribution is 6.30. The molecule has 0 bridgehead atoms. The van der Waals surface area contributed by atoms with Gasteiger partial charge in [0.05, 0.1) is 17.8 Å². The summed E-state index contributed by atoms with van der Waals surface area (Å²) in [6.07, 6.45) is -6.44. The zero-order valence-corrected chi connectivity index (χ0v) is 22.7. The van der Waals surface area contributed by atoms with Gasteiger partial charge in [-0.1, -0.05) is 23.7 Å². The second-order valence-corrected chi connectivity index (χ2v) is 9.96. The van der Waals surface area contributed by atoms with Crippen LogP contribution in [0.25, 0.3) is 17.1 Å². The van der Waals surface area contributed by atoms with Crippen LogP contribution in [0, 0.1) is 0 Å². The molecular weight excluding hydrogens is 581 g/mol. The van der Waals surface area contributed by atoms with E-state index in [9.17, 15) is 32.7 Å². The second-order valence-electron chi connectivity index (χ2n) is 9.53. The van der Waals surface area contributed by atoms with Crippen LogP contribution in [0.3, 0.4) is 0 Å². The lowest BCUT2D eigenvalue weighted by Gasteiger charge is -2.33. The van der Waals surface area contributed by atoms with Crippen LogP contribution in [-0.2, 0) is 17.9 Å². The van der Waals surface area contributed by atoms with E-state index >= 15 is 0 Å². The third-order valence-electron chi connectivity index (χ3n) is 6.73. The van der Waals surface area contributed by atoms with Crippen LogP contribution in [0.5, 0.6) is 0 Å². The number of aromatic nitrogens is 6. The fourth-order valence-electron chi connectivity index (χ4n) is 4.49. The van der Waals surface area contributed by atoms with Crippen molar-refractivity contribution in [2.24, 2.45) is 0 Å². The van der Waals surface area contributed by atoms with E-state index in [2.05, 4.69) is 20.5 Å². The third kappa shape index (κ3) is 5.78. The molecule has 0 aliphatic carbocycles. The zero-order chi connectivity index (χ0) is 30.2. The number of carbonyl (C=O) groups is 2. The van der Waals surface area contributed by atoms with Gasteiger partial charge in [0.15, 0.2) is 17.8 Å². The van der Waals surface area contributed by atoms with E-state index in [0.29, 0.717) is 29.4 Å². The van der Waals surface area contributed by atoms with Crippen molar-refractivity contribution in [3.8, 4) is 17.1 Å². The number of alkyl halides is 3. The average molecular weight is 605 g/mol. The number of rotatable bonds is 7. The van der Waals surface area contributed by atoms with Gasteiger partial charge in [-0.05, 0) is 43.3 Å². The average Bonchev–Trinajstić information content (AvgIpc) is 3.54. The minimum absolute atomic E-state index is 0.0775. The van der Waals surface area contributed by atoms with Gasteiger partial charge in [-0.25, -0.2) is 19.1 Å². The smallest absolute Gasteiger partial charge is 0.382 e. The molecule has 1 fully saturated rings. The minimum atomic E-state index is -4.96. The molecule has 0 radical (unpaired) electrons. The maximum absolute atomic E-state index is 13.4. The molecule has 220 valence electrons. The predicted octanol–water partition coefficient (Wildman–Crippen LogP) is 1.88. The summed E-state index contributed by atoms with van der Waals surface area (Å²) < 4.78 is 42.4. The van der Waals surface area contributed by atoms with Crippen molar-refractivity contribution >= 4 is 23.4 Å². The summed E-state index contributed by atoms with van der Waals surface area (Å²) in [4.78, 5) is 44.3. The summed E-state index contributed by atoms with van der Waals surface area (Å²) in [7, 11) is 0. The lowest BCUT2D eigenvalue weighted by atomic mass is 10.1. The Labute approximate surface area is 240 Å². The topological polar surface area (TPSA) is 140 Å². The number of benzene rings is 2. The minimum Gasteiger partial charge on any atom is -0.382 e. The molecule has 2 aromatic heterocycles. The molecule has 2 N–H and O–H groups in total. The number of halogens is 4. The highest BCUT2D eigenvalue weighted by Crippen LogP contribution is 2.24. The van der Waals surface area contributed by atoms with E-state index in [0.717, 1.165) is 9.25 Å². The van der Waals surface area contributed by atoms with Gasteiger partial charge < -0.3 is 15.3 Å². The Morgan fingerprint density at radius 1 is 1.14 bits per heavy atom. The van der Waals surface area contributed by atoms with Crippen LogP contribution < -0.4 is 11.0 Å². The van der Waals surface area contributed by atoms with Gasteiger partial charge in [0, 0.05) is 23.7 Å². The van der Waals surface area contributed by atoms with Gasteiger partial charge in [0.2, 0.25) is 5.91 Å². The van der Waals surface area contributed by atoms with Crippen molar-refractivity contribution in [3.05, 3.63) is 81.8 Å². The molecule has 0 saturated carbocycles. The maximum Gasteiger partial charge on any atom is 0.416 e. The Kier molecular flexibility index (Phi) is 7.88. The van der Waals surface area contributed by atoms with E-state index in [4.69, 9.17) is 11.6 Å². The molecule has 1 aliphatic rings. The normalized spacial score (nSPS) is 16.4. The van der Waals surface area contributed by atoms with Gasteiger partial charge >= 0.3 is 11.9 Å². The van der Waals surface area contributed by atoms with E-state index in [1.807, 2.05) is 0 Å². The lowest BCUT2D eigenvalue weighted by molar-refractivity contribution is -0.207. The molecule has 1 unspecified atom stereocenters. The number of nitrogens with zero attached hydrogens (tertiary/aromatic N) is 7. The Morgan fingerprint density at radius 2 is 1.86 bits per heavy atom. The summed E-state index contributed by atoms with van der Waals surface area (Å²) in [6, 6.07) is 11.9. The fraction of sp³-hybridized carbons (Fsp3) is 0.308. The number of hydrogen-bond acceptors (Lipinski definition) is 7. The fourth-order valence-corrected chi connectivity index (χ4v) is 4.61. The lowest BCUT2D eigenvalue weighted by Crippen LogP contribution is -2.55. The molecule has 12 nitrogen and oxygen atoms in total. The van der Waals surface area contributed by atoms with Crippen molar-refractivity contribution < 1.29 is 27.9 Å². The first-order valence-corrected chi connectivity index (χ1v) is 13.1. The number of hydrogen-bond donors (Lipinski definition) is 2. The van der Waals surface area contributed by atoms with Crippen LogP contribution >= 0.6 is 11.6 Å². The first-order chi connectivity index (χ1) is 19.9. The van der Waals surface area contributed by atoms with Crippen molar-refractivity contribution in [3.63, 3.8) is 0 Å². The summed E-state index contributed by atoms with van der Waals surface area (Å²) in [5.41, 5.74) is 0.0132. The standard InChI is InChI=1S/C26H24ClF3N8O4/c1-15-23(40)31-10-11-35(15)24(41)18-4-2-3-5-19(18)38-14-32-21(33-38)13-37-25(42)36(12-20(39)26(28,29)30)22(34-37)16-6-8-17(27)9-7-16/h2-9,14-15,20,39H,10-13H2,1H3,(H,31,40)/t15?,20-/m0/s1. The van der Waals surface area contributed by atoms with Gasteiger partial charge in [0.25, 0.3) is 5.91 Å². The van der Waals surface area contributed by atoms with E-state index in [1.54, 1.807) is 31.2 Å². The van der Waals surface area contributed by atoms with Crippen LogP contribution in [0.15, 0.2) is 59.7 Å². The summed E-state index contributed by atoms with van der Waals surface area (Å²) >= 11 is 5.92. The molecule has 1 aliphatic heterocycles.